The first kappa shape index (κ1) is 10.4. The van der Waals surface area contributed by atoms with Crippen molar-refractivity contribution < 1.29 is 0 Å². The third kappa shape index (κ3) is 2.96. The molecule has 0 aliphatic carbocycles. The third-order valence-electron chi connectivity index (χ3n) is 2.49. The van der Waals surface area contributed by atoms with Crippen LogP contribution in [0.4, 0.5) is 0 Å². The van der Waals surface area contributed by atoms with Gasteiger partial charge in [0.2, 0.25) is 0 Å². The number of hydrogen-bond acceptors (Lipinski definition) is 3. The van der Waals surface area contributed by atoms with Gasteiger partial charge in [0.05, 0.1) is 0 Å². The van der Waals surface area contributed by atoms with Crippen molar-refractivity contribution in [1.29, 1.82) is 0 Å². The Kier molecular flexibility index (Phi) is 3.87. The van der Waals surface area contributed by atoms with E-state index in [9.17, 15) is 0 Å². The van der Waals surface area contributed by atoms with Gasteiger partial charge in [-0.25, -0.2) is 0 Å². The Hall–Kier alpha value is 0.270. The molecule has 1 aliphatic rings. The van der Waals surface area contributed by atoms with E-state index in [0.717, 1.165) is 5.25 Å². The molecule has 0 spiro atoms. The van der Waals surface area contributed by atoms with Crippen LogP contribution in [0.5, 0.6) is 0 Å². The molecule has 0 radical (unpaired) electrons. The van der Waals surface area contributed by atoms with Gasteiger partial charge in [-0.05, 0) is 20.3 Å². The van der Waals surface area contributed by atoms with Crippen molar-refractivity contribution in [3.05, 3.63) is 0 Å². The van der Waals surface area contributed by atoms with Crippen molar-refractivity contribution in [2.45, 2.75) is 50.6 Å². The molecule has 1 fully saturated rings. The van der Waals surface area contributed by atoms with E-state index < -0.39 is 0 Å². The highest BCUT2D eigenvalue weighted by Gasteiger charge is 2.23. The van der Waals surface area contributed by atoms with E-state index >= 15 is 0 Å². The predicted molar refractivity (Wildman–Crippen MR) is 56.6 cm³/mol. The summed E-state index contributed by atoms with van der Waals surface area (Å²) in [5, 5.41) is 4.38. The molecule has 1 aliphatic heterocycles. The highest BCUT2D eigenvalue weighted by atomic mass is 32.2. The fraction of sp³-hybridized carbons (Fsp3) is 1.00. The molecule has 3 heteroatoms. The molecule has 1 heterocycles. The van der Waals surface area contributed by atoms with E-state index in [1.807, 2.05) is 0 Å². The maximum absolute atomic E-state index is 5.78. The van der Waals surface area contributed by atoms with Gasteiger partial charge in [-0.3, -0.25) is 0 Å². The lowest BCUT2D eigenvalue weighted by atomic mass is 10.1. The van der Waals surface area contributed by atoms with Gasteiger partial charge in [0.15, 0.2) is 0 Å². The lowest BCUT2D eigenvalue weighted by molar-refractivity contribution is 0.419. The fourth-order valence-corrected chi connectivity index (χ4v) is 2.62. The smallest absolute Gasteiger partial charge is 0.0190 e. The highest BCUT2D eigenvalue weighted by Crippen LogP contribution is 2.26. The van der Waals surface area contributed by atoms with Gasteiger partial charge in [0.1, 0.15) is 0 Å². The average molecular weight is 188 g/mol. The molecule has 0 saturated carbocycles. The van der Waals surface area contributed by atoms with Gasteiger partial charge < -0.3 is 11.1 Å². The standard InChI is InChI=1S/C9H20N2S/c1-6-4-9(5-12-6)11-8(3)7(2)10/h6-9,11H,4-5,10H2,1-3H3. The van der Waals surface area contributed by atoms with Crippen LogP contribution in [0.2, 0.25) is 0 Å². The Morgan fingerprint density at radius 2 is 2.17 bits per heavy atom. The van der Waals surface area contributed by atoms with E-state index in [0.29, 0.717) is 12.1 Å². The lowest BCUT2D eigenvalue weighted by Gasteiger charge is -2.21. The first-order valence-electron chi connectivity index (χ1n) is 4.73. The molecular formula is C9H20N2S. The average Bonchev–Trinajstić information content (AvgIpc) is 2.35. The summed E-state index contributed by atoms with van der Waals surface area (Å²) in [6.45, 7) is 6.52. The molecule has 0 aromatic heterocycles. The maximum atomic E-state index is 5.78. The van der Waals surface area contributed by atoms with Crippen LogP contribution in [-0.4, -0.2) is 29.1 Å². The van der Waals surface area contributed by atoms with E-state index in [1.54, 1.807) is 0 Å². The van der Waals surface area contributed by atoms with Gasteiger partial charge >= 0.3 is 0 Å². The molecule has 0 aromatic rings. The van der Waals surface area contributed by atoms with Crippen LogP contribution < -0.4 is 11.1 Å². The van der Waals surface area contributed by atoms with Crippen molar-refractivity contribution in [3.8, 4) is 0 Å². The minimum Gasteiger partial charge on any atom is -0.327 e. The molecule has 72 valence electrons. The topological polar surface area (TPSA) is 38.0 Å². The minimum atomic E-state index is 0.255. The number of rotatable bonds is 3. The number of thioether (sulfide) groups is 1. The van der Waals surface area contributed by atoms with Crippen LogP contribution >= 0.6 is 11.8 Å². The number of nitrogens with one attached hydrogen (secondary N) is 1. The minimum absolute atomic E-state index is 0.255. The van der Waals surface area contributed by atoms with Crippen molar-refractivity contribution in [2.24, 2.45) is 5.73 Å². The van der Waals surface area contributed by atoms with Gasteiger partial charge in [0, 0.05) is 29.1 Å². The van der Waals surface area contributed by atoms with Gasteiger partial charge in [-0.2, -0.15) is 11.8 Å². The Labute approximate surface area is 79.7 Å². The van der Waals surface area contributed by atoms with Gasteiger partial charge in [-0.15, -0.1) is 0 Å². The summed E-state index contributed by atoms with van der Waals surface area (Å²) in [5.74, 6) is 1.25. The van der Waals surface area contributed by atoms with Crippen molar-refractivity contribution in [2.75, 3.05) is 5.75 Å². The molecule has 3 N–H and O–H groups in total. The summed E-state index contributed by atoms with van der Waals surface area (Å²) in [6, 6.07) is 1.39. The molecular weight excluding hydrogens is 168 g/mol. The van der Waals surface area contributed by atoms with Gasteiger partial charge in [-0.1, -0.05) is 6.92 Å². The summed E-state index contributed by atoms with van der Waals surface area (Å²) in [5.41, 5.74) is 5.78. The summed E-state index contributed by atoms with van der Waals surface area (Å²) >= 11 is 2.06. The van der Waals surface area contributed by atoms with E-state index in [4.69, 9.17) is 5.73 Å². The van der Waals surface area contributed by atoms with Gasteiger partial charge in [0.25, 0.3) is 0 Å². The van der Waals surface area contributed by atoms with Crippen LogP contribution in [0.1, 0.15) is 27.2 Å². The summed E-state index contributed by atoms with van der Waals surface area (Å²) in [7, 11) is 0. The SMILES string of the molecule is CC1CC(NC(C)C(C)N)CS1. The molecule has 0 bridgehead atoms. The van der Waals surface area contributed by atoms with E-state index in [-0.39, 0.29) is 6.04 Å². The summed E-state index contributed by atoms with van der Waals surface area (Å²) in [4.78, 5) is 0. The van der Waals surface area contributed by atoms with Crippen molar-refractivity contribution in [3.63, 3.8) is 0 Å². The van der Waals surface area contributed by atoms with Crippen LogP contribution in [0.25, 0.3) is 0 Å². The van der Waals surface area contributed by atoms with Crippen LogP contribution in [-0.2, 0) is 0 Å². The normalized spacial score (nSPS) is 35.0. The third-order valence-corrected chi connectivity index (χ3v) is 3.84. The highest BCUT2D eigenvalue weighted by molar-refractivity contribution is 8.00. The number of nitrogens with two attached hydrogens (primary N) is 1. The molecule has 2 nitrogen and oxygen atoms in total. The van der Waals surface area contributed by atoms with Crippen molar-refractivity contribution >= 4 is 11.8 Å². The zero-order valence-electron chi connectivity index (χ0n) is 8.21. The molecule has 1 saturated heterocycles. The molecule has 4 unspecified atom stereocenters. The quantitative estimate of drug-likeness (QED) is 0.699. The Bertz CT molecular complexity index is 138. The first-order valence-corrected chi connectivity index (χ1v) is 5.77. The molecule has 12 heavy (non-hydrogen) atoms. The second kappa shape index (κ2) is 4.49. The largest absolute Gasteiger partial charge is 0.327 e. The van der Waals surface area contributed by atoms with Crippen LogP contribution in [0.15, 0.2) is 0 Å². The second-order valence-corrected chi connectivity index (χ2v) is 5.36. The monoisotopic (exact) mass is 188 g/mol. The zero-order valence-corrected chi connectivity index (χ0v) is 9.03. The Balaban J connectivity index is 2.23. The summed E-state index contributed by atoms with van der Waals surface area (Å²) < 4.78 is 0. The molecule has 0 aromatic carbocycles. The maximum Gasteiger partial charge on any atom is 0.0190 e. The van der Waals surface area contributed by atoms with Crippen LogP contribution in [0.3, 0.4) is 0 Å². The number of hydrogen-bond donors (Lipinski definition) is 2. The Morgan fingerprint density at radius 1 is 1.50 bits per heavy atom. The van der Waals surface area contributed by atoms with Crippen LogP contribution in [0, 0.1) is 0 Å². The second-order valence-electron chi connectivity index (χ2n) is 3.89. The fourth-order valence-electron chi connectivity index (χ4n) is 1.46. The Morgan fingerprint density at radius 3 is 2.58 bits per heavy atom. The van der Waals surface area contributed by atoms with Crippen molar-refractivity contribution in [1.82, 2.24) is 5.32 Å². The first-order chi connectivity index (χ1) is 5.59. The molecule has 4 atom stereocenters. The van der Waals surface area contributed by atoms with E-state index in [2.05, 4.69) is 37.8 Å². The molecule has 1 rings (SSSR count). The molecule has 0 amide bonds. The van der Waals surface area contributed by atoms with E-state index in [1.165, 1.54) is 12.2 Å². The zero-order chi connectivity index (χ0) is 9.14. The summed E-state index contributed by atoms with van der Waals surface area (Å²) in [6.07, 6.45) is 1.29. The lowest BCUT2D eigenvalue weighted by Crippen LogP contribution is -2.46. The predicted octanol–water partition coefficient (Wildman–Crippen LogP) is 1.21.